The number of ether oxygens (including phenoxy) is 1. The van der Waals surface area contributed by atoms with E-state index in [0.29, 0.717) is 17.5 Å². The molecule has 0 radical (unpaired) electrons. The molecule has 0 bridgehead atoms. The van der Waals surface area contributed by atoms with E-state index in [1.54, 1.807) is 40.5 Å². The van der Waals surface area contributed by atoms with Gasteiger partial charge in [-0.2, -0.15) is 0 Å². The van der Waals surface area contributed by atoms with Crippen LogP contribution in [0.3, 0.4) is 0 Å². The number of halogens is 1. The molecule has 2 heterocycles. The lowest BCUT2D eigenvalue weighted by Crippen LogP contribution is -2.65. The molecule has 2 aromatic rings. The van der Waals surface area contributed by atoms with E-state index in [4.69, 9.17) is 16.3 Å². The van der Waals surface area contributed by atoms with Crippen LogP contribution >= 0.6 is 22.9 Å². The van der Waals surface area contributed by atoms with Gasteiger partial charge in [-0.3, -0.25) is 9.59 Å². The Bertz CT molecular complexity index is 1280. The molecule has 1 unspecified atom stereocenters. The Morgan fingerprint density at radius 3 is 2.51 bits per heavy atom. The van der Waals surface area contributed by atoms with Crippen LogP contribution in [-0.4, -0.2) is 77.2 Å². The molecular formula is C34H47ClN4O5S. The Kier molecular flexibility index (Phi) is 11.8. The van der Waals surface area contributed by atoms with Crippen molar-refractivity contribution in [1.29, 1.82) is 0 Å². The fraction of sp³-hybridized carbons (Fsp3) is 0.618. The van der Waals surface area contributed by atoms with Crippen molar-refractivity contribution in [3.05, 3.63) is 51.7 Å². The van der Waals surface area contributed by atoms with Gasteiger partial charge in [-0.25, -0.2) is 4.79 Å². The predicted molar refractivity (Wildman–Crippen MR) is 176 cm³/mol. The van der Waals surface area contributed by atoms with Gasteiger partial charge in [-0.15, -0.1) is 11.3 Å². The van der Waals surface area contributed by atoms with Crippen LogP contribution in [0, 0.1) is 11.3 Å². The van der Waals surface area contributed by atoms with Crippen LogP contribution in [0.15, 0.2) is 41.8 Å². The van der Waals surface area contributed by atoms with Gasteiger partial charge in [-0.05, 0) is 67.0 Å². The first-order chi connectivity index (χ1) is 21.7. The molecule has 3 amide bonds. The van der Waals surface area contributed by atoms with Crippen molar-refractivity contribution in [3.63, 3.8) is 0 Å². The number of amides is 3. The molecule has 0 spiro atoms. The SMILES string of the molecule is CC1(CO)CCC(NC(CC2CCCCC2)C(=O)N2CCN(C(=O)Oc3ccccc3Cl)C[C@H]2C(=O)NCc2cccs2)CC1. The Morgan fingerprint density at radius 1 is 1.07 bits per heavy atom. The molecule has 1 aromatic heterocycles. The minimum Gasteiger partial charge on any atom is -0.409 e. The Labute approximate surface area is 275 Å². The number of piperazine rings is 1. The number of hydrogen-bond donors (Lipinski definition) is 3. The summed E-state index contributed by atoms with van der Waals surface area (Å²) in [7, 11) is 0. The lowest BCUT2D eigenvalue weighted by Gasteiger charge is -2.43. The minimum atomic E-state index is -0.857. The van der Waals surface area contributed by atoms with Crippen LogP contribution in [0.25, 0.3) is 0 Å². The van der Waals surface area contributed by atoms with Gasteiger partial charge in [-0.1, -0.05) is 68.8 Å². The summed E-state index contributed by atoms with van der Waals surface area (Å²) >= 11 is 7.78. The zero-order valence-electron chi connectivity index (χ0n) is 26.2. The van der Waals surface area contributed by atoms with Crippen molar-refractivity contribution in [3.8, 4) is 5.75 Å². The van der Waals surface area contributed by atoms with E-state index in [0.717, 1.165) is 49.8 Å². The van der Waals surface area contributed by atoms with Crippen LogP contribution in [-0.2, 0) is 16.1 Å². The molecule has 1 aromatic carbocycles. The summed E-state index contributed by atoms with van der Waals surface area (Å²) in [5, 5.41) is 18.9. The molecule has 2 aliphatic carbocycles. The largest absolute Gasteiger partial charge is 0.415 e. The molecule has 3 N–H and O–H groups in total. The second kappa shape index (κ2) is 15.8. The molecule has 2 saturated carbocycles. The number of carbonyl (C=O) groups excluding carboxylic acids is 3. The zero-order chi connectivity index (χ0) is 31.8. The van der Waals surface area contributed by atoms with Gasteiger partial charge >= 0.3 is 6.09 Å². The second-order valence-corrected chi connectivity index (χ2v) is 14.7. The Balaban J connectivity index is 1.33. The first kappa shape index (κ1) is 33.7. The smallest absolute Gasteiger partial charge is 0.409 e. The van der Waals surface area contributed by atoms with Crippen molar-refractivity contribution in [1.82, 2.24) is 20.4 Å². The number of rotatable bonds is 10. The van der Waals surface area contributed by atoms with Crippen LogP contribution in [0.5, 0.6) is 5.75 Å². The van der Waals surface area contributed by atoms with E-state index in [1.807, 2.05) is 17.5 Å². The van der Waals surface area contributed by atoms with E-state index < -0.39 is 18.2 Å². The monoisotopic (exact) mass is 658 g/mol. The van der Waals surface area contributed by atoms with Crippen molar-refractivity contribution in [2.24, 2.45) is 11.3 Å². The molecule has 3 fully saturated rings. The van der Waals surface area contributed by atoms with Gasteiger partial charge in [0.2, 0.25) is 11.8 Å². The van der Waals surface area contributed by atoms with Crippen molar-refractivity contribution in [2.45, 2.75) is 95.8 Å². The molecule has 9 nitrogen and oxygen atoms in total. The number of nitrogens with one attached hydrogen (secondary N) is 2. The van der Waals surface area contributed by atoms with E-state index in [9.17, 15) is 19.5 Å². The summed E-state index contributed by atoms with van der Waals surface area (Å²) in [5.74, 6) is 0.346. The molecule has 246 valence electrons. The number of aliphatic hydroxyl groups excluding tert-OH is 1. The molecule has 1 aliphatic heterocycles. The molecule has 45 heavy (non-hydrogen) atoms. The van der Waals surface area contributed by atoms with Gasteiger partial charge in [0, 0.05) is 30.6 Å². The minimum absolute atomic E-state index is 0.0275. The fourth-order valence-electron chi connectivity index (χ4n) is 6.95. The van der Waals surface area contributed by atoms with Crippen molar-refractivity contribution < 1.29 is 24.2 Å². The summed E-state index contributed by atoms with van der Waals surface area (Å²) in [5.41, 5.74) is -0.0677. The van der Waals surface area contributed by atoms with Crippen LogP contribution in [0.2, 0.25) is 5.02 Å². The first-order valence-electron chi connectivity index (χ1n) is 16.4. The number of thiophene rings is 1. The summed E-state index contributed by atoms with van der Waals surface area (Å²) in [6, 6.07) is 9.58. The molecule has 1 saturated heterocycles. The summed E-state index contributed by atoms with van der Waals surface area (Å²) < 4.78 is 5.59. The van der Waals surface area contributed by atoms with Gasteiger partial charge in [0.25, 0.3) is 0 Å². The van der Waals surface area contributed by atoms with E-state index in [1.165, 1.54) is 24.2 Å². The molecule has 11 heteroatoms. The highest BCUT2D eigenvalue weighted by Gasteiger charge is 2.41. The van der Waals surface area contributed by atoms with Crippen LogP contribution in [0.1, 0.15) is 76.0 Å². The van der Waals surface area contributed by atoms with Gasteiger partial charge in [0.1, 0.15) is 6.04 Å². The average Bonchev–Trinajstić information content (AvgIpc) is 3.59. The van der Waals surface area contributed by atoms with Crippen LogP contribution in [0.4, 0.5) is 4.79 Å². The quantitative estimate of drug-likeness (QED) is 0.307. The highest BCUT2D eigenvalue weighted by Crippen LogP contribution is 2.36. The summed E-state index contributed by atoms with van der Waals surface area (Å²) in [6.07, 6.45) is 9.60. The van der Waals surface area contributed by atoms with Gasteiger partial charge in [0.05, 0.1) is 24.2 Å². The fourth-order valence-corrected chi connectivity index (χ4v) is 7.77. The number of benzene rings is 1. The molecule has 3 aliphatic rings. The van der Waals surface area contributed by atoms with Gasteiger partial charge in [0.15, 0.2) is 5.75 Å². The van der Waals surface area contributed by atoms with Crippen LogP contribution < -0.4 is 15.4 Å². The molecule has 2 atom stereocenters. The van der Waals surface area contributed by atoms with E-state index in [-0.39, 0.29) is 55.3 Å². The highest BCUT2D eigenvalue weighted by atomic mass is 35.5. The Morgan fingerprint density at radius 2 is 1.82 bits per heavy atom. The van der Waals surface area contributed by atoms with Crippen molar-refractivity contribution >= 4 is 40.8 Å². The molecular weight excluding hydrogens is 612 g/mol. The average molecular weight is 659 g/mol. The third-order valence-electron chi connectivity index (χ3n) is 9.88. The third kappa shape index (κ3) is 8.99. The predicted octanol–water partition coefficient (Wildman–Crippen LogP) is 5.60. The maximum Gasteiger partial charge on any atom is 0.415 e. The first-order valence-corrected chi connectivity index (χ1v) is 17.7. The van der Waals surface area contributed by atoms with E-state index >= 15 is 0 Å². The number of aliphatic hydroxyl groups is 1. The number of nitrogens with zero attached hydrogens (tertiary/aromatic N) is 2. The summed E-state index contributed by atoms with van der Waals surface area (Å²) in [4.78, 5) is 45.6. The normalized spacial score (nSPS) is 25.0. The van der Waals surface area contributed by atoms with Crippen molar-refractivity contribution in [2.75, 3.05) is 26.2 Å². The Hall–Kier alpha value is -2.66. The number of para-hydroxylation sites is 1. The summed E-state index contributed by atoms with van der Waals surface area (Å²) in [6.45, 7) is 3.16. The lowest BCUT2D eigenvalue weighted by atomic mass is 9.74. The zero-order valence-corrected chi connectivity index (χ0v) is 27.8. The van der Waals surface area contributed by atoms with E-state index in [2.05, 4.69) is 17.6 Å². The standard InChI is InChI=1S/C34H47ClN4O5S/c1-34(23-40)15-13-25(14-16-34)37-28(20-24-8-3-2-4-9-24)32(42)39-18-17-38(33(43)44-30-12-6-5-11-27(30)35)22-29(39)31(41)36-21-26-10-7-19-45-26/h5-7,10-12,19,24-25,28-29,37,40H,2-4,8-9,13-18,20-23H2,1H3,(H,36,41)/t25?,28?,29-,34?/m0/s1. The highest BCUT2D eigenvalue weighted by molar-refractivity contribution is 7.09. The van der Waals surface area contributed by atoms with Gasteiger partial charge < -0.3 is 30.3 Å². The lowest BCUT2D eigenvalue weighted by molar-refractivity contribution is -0.145. The third-order valence-corrected chi connectivity index (χ3v) is 11.1. The maximum atomic E-state index is 14.5. The maximum absolute atomic E-state index is 14.5. The second-order valence-electron chi connectivity index (χ2n) is 13.3. The number of carbonyl (C=O) groups is 3. The topological polar surface area (TPSA) is 111 Å². The number of hydrogen-bond acceptors (Lipinski definition) is 7. The molecule has 5 rings (SSSR count).